The highest BCUT2D eigenvalue weighted by Gasteiger charge is 1.97. The van der Waals surface area contributed by atoms with E-state index in [0.29, 0.717) is 12.4 Å². The second kappa shape index (κ2) is 8.82. The molecule has 2 N–H and O–H groups in total. The third-order valence-electron chi connectivity index (χ3n) is 2.89. The zero-order chi connectivity index (χ0) is 14.2. The largest absolute Gasteiger partial charge is 0.496 e. The molecule has 0 aliphatic carbocycles. The monoisotopic (exact) mass is 302 g/mol. The summed E-state index contributed by atoms with van der Waals surface area (Å²) in [4.78, 5) is 0. The van der Waals surface area contributed by atoms with Crippen LogP contribution in [-0.2, 0) is 6.54 Å². The average molecular weight is 303 g/mol. The number of ether oxygens (including phenoxy) is 1. The molecule has 2 aromatic carbocycles. The molecule has 0 bridgehead atoms. The normalized spacial score (nSPS) is 9.95. The van der Waals surface area contributed by atoms with Crippen LogP contribution in [0.2, 0.25) is 0 Å². The molecule has 0 radical (unpaired) electrons. The highest BCUT2D eigenvalue weighted by molar-refractivity contribution is 5.94. The van der Waals surface area contributed by atoms with Crippen molar-refractivity contribution in [3.8, 4) is 5.75 Å². The van der Waals surface area contributed by atoms with Crippen molar-refractivity contribution in [2.24, 2.45) is 0 Å². The number of nitrogens with one attached hydrogen (secondary N) is 2. The fraction of sp³-hybridized carbons (Fsp3) is 0.118. The lowest BCUT2D eigenvalue weighted by atomic mass is 10.2. The van der Waals surface area contributed by atoms with Crippen molar-refractivity contribution in [2.45, 2.75) is 6.54 Å². The minimum Gasteiger partial charge on any atom is -0.496 e. The van der Waals surface area contributed by atoms with E-state index in [2.05, 4.69) is 5.32 Å². The zero-order valence-electron chi connectivity index (χ0n) is 11.9. The Balaban J connectivity index is 0.00000220. The van der Waals surface area contributed by atoms with Crippen molar-refractivity contribution in [3.63, 3.8) is 0 Å². The van der Waals surface area contributed by atoms with E-state index in [9.17, 15) is 0 Å². The number of amidine groups is 1. The van der Waals surface area contributed by atoms with Gasteiger partial charge >= 0.3 is 0 Å². The van der Waals surface area contributed by atoms with Crippen LogP contribution >= 0.6 is 12.4 Å². The van der Waals surface area contributed by atoms with E-state index in [1.807, 2.05) is 60.7 Å². The Kier molecular flexibility index (Phi) is 7.05. The summed E-state index contributed by atoms with van der Waals surface area (Å²) in [6.07, 6.45) is 3.61. The van der Waals surface area contributed by atoms with E-state index in [0.717, 1.165) is 16.9 Å². The molecule has 0 saturated heterocycles. The molecule has 21 heavy (non-hydrogen) atoms. The van der Waals surface area contributed by atoms with Gasteiger partial charge in [-0.05, 0) is 23.8 Å². The second-order valence-electron chi connectivity index (χ2n) is 4.33. The standard InChI is InChI=1S/C17H18N2O.ClH/c1-20-16-10-6-5-9-15(16)11-12-17(18)19-13-14-7-3-2-4-8-14;/h2-12H,13H2,1H3,(H2,18,19);1H/b12-11+;. The average Bonchev–Trinajstić information content (AvgIpc) is 2.52. The molecule has 0 unspecified atom stereocenters. The topological polar surface area (TPSA) is 45.1 Å². The molecule has 0 heterocycles. The zero-order valence-corrected chi connectivity index (χ0v) is 12.7. The van der Waals surface area contributed by atoms with Crippen LogP contribution in [0.4, 0.5) is 0 Å². The summed E-state index contributed by atoms with van der Waals surface area (Å²) in [6.45, 7) is 0.649. The Morgan fingerprint density at radius 2 is 1.76 bits per heavy atom. The van der Waals surface area contributed by atoms with Gasteiger partial charge in [0, 0.05) is 12.1 Å². The van der Waals surface area contributed by atoms with Gasteiger partial charge in [-0.2, -0.15) is 0 Å². The molecule has 2 aromatic rings. The van der Waals surface area contributed by atoms with E-state index in [-0.39, 0.29) is 12.4 Å². The van der Waals surface area contributed by atoms with Crippen molar-refractivity contribution in [2.75, 3.05) is 7.11 Å². The molecule has 0 amide bonds. The van der Waals surface area contributed by atoms with Crippen LogP contribution in [0.25, 0.3) is 6.08 Å². The third kappa shape index (κ3) is 5.32. The van der Waals surface area contributed by atoms with Crippen molar-refractivity contribution in [1.29, 1.82) is 5.41 Å². The lowest BCUT2D eigenvalue weighted by molar-refractivity contribution is 0.414. The molecule has 0 spiro atoms. The van der Waals surface area contributed by atoms with E-state index in [1.54, 1.807) is 13.2 Å². The molecule has 0 aliphatic rings. The molecule has 2 rings (SSSR count). The number of halogens is 1. The number of methoxy groups -OCH3 is 1. The molecule has 0 atom stereocenters. The van der Waals surface area contributed by atoms with Gasteiger partial charge in [0.15, 0.2) is 0 Å². The number of benzene rings is 2. The quantitative estimate of drug-likeness (QED) is 0.650. The van der Waals surface area contributed by atoms with Gasteiger partial charge in [0.2, 0.25) is 0 Å². The maximum atomic E-state index is 7.88. The van der Waals surface area contributed by atoms with Crippen LogP contribution in [0.5, 0.6) is 5.75 Å². The first kappa shape index (κ1) is 16.8. The molecule has 110 valence electrons. The van der Waals surface area contributed by atoms with Crippen LogP contribution in [0, 0.1) is 5.41 Å². The molecular weight excluding hydrogens is 284 g/mol. The summed E-state index contributed by atoms with van der Waals surface area (Å²) >= 11 is 0. The van der Waals surface area contributed by atoms with Gasteiger partial charge in [0.05, 0.1) is 7.11 Å². The summed E-state index contributed by atoms with van der Waals surface area (Å²) < 4.78 is 5.26. The van der Waals surface area contributed by atoms with Gasteiger partial charge in [0.1, 0.15) is 11.6 Å². The number of rotatable bonds is 5. The van der Waals surface area contributed by atoms with Crippen LogP contribution in [0.1, 0.15) is 11.1 Å². The number of hydrogen-bond acceptors (Lipinski definition) is 2. The van der Waals surface area contributed by atoms with Gasteiger partial charge < -0.3 is 10.1 Å². The highest BCUT2D eigenvalue weighted by Crippen LogP contribution is 2.18. The molecule has 0 saturated carbocycles. The Morgan fingerprint density at radius 1 is 1.10 bits per heavy atom. The van der Waals surface area contributed by atoms with Gasteiger partial charge in [-0.15, -0.1) is 12.4 Å². The highest BCUT2D eigenvalue weighted by atomic mass is 35.5. The minimum atomic E-state index is 0. The molecule has 0 aromatic heterocycles. The summed E-state index contributed by atoms with van der Waals surface area (Å²) in [6, 6.07) is 17.8. The van der Waals surface area contributed by atoms with E-state index >= 15 is 0 Å². The molecular formula is C17H19ClN2O. The van der Waals surface area contributed by atoms with E-state index in [4.69, 9.17) is 10.1 Å². The molecule has 4 heteroatoms. The van der Waals surface area contributed by atoms with Gasteiger partial charge in [-0.3, -0.25) is 5.41 Å². The summed E-state index contributed by atoms with van der Waals surface area (Å²) in [5.41, 5.74) is 2.12. The Bertz CT molecular complexity index is 597. The van der Waals surface area contributed by atoms with Crippen molar-refractivity contribution < 1.29 is 4.74 Å². The van der Waals surface area contributed by atoms with Crippen LogP contribution in [0.15, 0.2) is 60.7 Å². The van der Waals surface area contributed by atoms with Crippen LogP contribution < -0.4 is 10.1 Å². The third-order valence-corrected chi connectivity index (χ3v) is 2.89. The van der Waals surface area contributed by atoms with E-state index in [1.165, 1.54) is 0 Å². The number of hydrogen-bond donors (Lipinski definition) is 2. The smallest absolute Gasteiger partial charge is 0.126 e. The second-order valence-corrected chi connectivity index (χ2v) is 4.33. The Morgan fingerprint density at radius 3 is 2.48 bits per heavy atom. The SMILES string of the molecule is COc1ccccc1/C=C/C(=N)NCc1ccccc1.Cl. The first-order valence-corrected chi connectivity index (χ1v) is 6.47. The predicted octanol–water partition coefficient (Wildman–Crippen LogP) is 3.90. The first-order chi connectivity index (χ1) is 9.79. The Labute approximate surface area is 131 Å². The summed E-state index contributed by atoms with van der Waals surface area (Å²) in [5.74, 6) is 1.18. The first-order valence-electron chi connectivity index (χ1n) is 6.47. The maximum Gasteiger partial charge on any atom is 0.126 e. The lowest BCUT2D eigenvalue weighted by Crippen LogP contribution is -2.19. The van der Waals surface area contributed by atoms with Crippen molar-refractivity contribution >= 4 is 24.3 Å². The lowest BCUT2D eigenvalue weighted by Gasteiger charge is -2.05. The van der Waals surface area contributed by atoms with Crippen molar-refractivity contribution in [3.05, 3.63) is 71.8 Å². The predicted molar refractivity (Wildman–Crippen MR) is 90.3 cm³/mol. The number of para-hydroxylation sites is 1. The fourth-order valence-corrected chi connectivity index (χ4v) is 1.83. The van der Waals surface area contributed by atoms with Crippen LogP contribution in [0.3, 0.4) is 0 Å². The fourth-order valence-electron chi connectivity index (χ4n) is 1.83. The summed E-state index contributed by atoms with van der Waals surface area (Å²) in [5, 5.41) is 10.9. The van der Waals surface area contributed by atoms with Crippen molar-refractivity contribution in [1.82, 2.24) is 5.32 Å². The van der Waals surface area contributed by atoms with Gasteiger partial charge in [0.25, 0.3) is 0 Å². The van der Waals surface area contributed by atoms with Gasteiger partial charge in [-0.1, -0.05) is 48.5 Å². The molecule has 0 aliphatic heterocycles. The molecule has 0 fully saturated rings. The maximum absolute atomic E-state index is 7.88. The molecule has 3 nitrogen and oxygen atoms in total. The van der Waals surface area contributed by atoms with Gasteiger partial charge in [-0.25, -0.2) is 0 Å². The Hall–Kier alpha value is -2.26. The summed E-state index contributed by atoms with van der Waals surface area (Å²) in [7, 11) is 1.64. The van der Waals surface area contributed by atoms with Crippen LogP contribution in [-0.4, -0.2) is 12.9 Å². The minimum absolute atomic E-state index is 0. The van der Waals surface area contributed by atoms with E-state index < -0.39 is 0 Å².